The quantitative estimate of drug-likeness (QED) is 0.695. The SMILES string of the molecule is C#CCNC(=O)CNC(=O)C1CSCN1C(=O)C1CCCC1. The number of nitrogens with one attached hydrogen (secondary N) is 2. The van der Waals surface area contributed by atoms with Crippen molar-refractivity contribution in [2.24, 2.45) is 5.92 Å². The number of amides is 3. The standard InChI is InChI=1S/C15H21N3O3S/c1-2-7-16-13(19)8-17-14(20)12-9-22-10-18(12)15(21)11-5-3-4-6-11/h1,11-12H,3-10H2,(H,16,19)(H,17,20). The molecule has 22 heavy (non-hydrogen) atoms. The summed E-state index contributed by atoms with van der Waals surface area (Å²) in [6.45, 7) is 0.0212. The molecule has 1 aliphatic heterocycles. The summed E-state index contributed by atoms with van der Waals surface area (Å²) < 4.78 is 0. The first kappa shape index (κ1) is 16.7. The Morgan fingerprint density at radius 2 is 1.95 bits per heavy atom. The van der Waals surface area contributed by atoms with Gasteiger partial charge in [-0.15, -0.1) is 18.2 Å². The van der Waals surface area contributed by atoms with Crippen molar-refractivity contribution in [1.82, 2.24) is 15.5 Å². The number of rotatable bonds is 5. The molecule has 2 rings (SSSR count). The Hall–Kier alpha value is -1.68. The van der Waals surface area contributed by atoms with E-state index in [0.717, 1.165) is 25.7 Å². The molecule has 3 amide bonds. The fraction of sp³-hybridized carbons (Fsp3) is 0.667. The van der Waals surface area contributed by atoms with Gasteiger partial charge in [0.2, 0.25) is 17.7 Å². The van der Waals surface area contributed by atoms with E-state index >= 15 is 0 Å². The summed E-state index contributed by atoms with van der Waals surface area (Å²) in [6, 6.07) is -0.474. The molecular formula is C15H21N3O3S. The van der Waals surface area contributed by atoms with Crippen molar-refractivity contribution in [3.05, 3.63) is 0 Å². The molecule has 120 valence electrons. The third-order valence-electron chi connectivity index (χ3n) is 3.98. The molecule has 1 heterocycles. The van der Waals surface area contributed by atoms with Crippen molar-refractivity contribution in [3.63, 3.8) is 0 Å². The maximum absolute atomic E-state index is 12.5. The van der Waals surface area contributed by atoms with Crippen molar-refractivity contribution < 1.29 is 14.4 Å². The van der Waals surface area contributed by atoms with Gasteiger partial charge in [0, 0.05) is 11.7 Å². The van der Waals surface area contributed by atoms with Gasteiger partial charge in [-0.05, 0) is 12.8 Å². The van der Waals surface area contributed by atoms with Crippen LogP contribution >= 0.6 is 11.8 Å². The lowest BCUT2D eigenvalue weighted by Crippen LogP contribution is -2.50. The number of hydrogen-bond acceptors (Lipinski definition) is 4. The van der Waals surface area contributed by atoms with Gasteiger partial charge in [-0.25, -0.2) is 0 Å². The molecule has 2 fully saturated rings. The summed E-state index contributed by atoms with van der Waals surface area (Å²) in [5, 5.41) is 5.06. The molecule has 0 aromatic carbocycles. The second-order valence-corrected chi connectivity index (χ2v) is 6.50. The van der Waals surface area contributed by atoms with Gasteiger partial charge >= 0.3 is 0 Å². The largest absolute Gasteiger partial charge is 0.345 e. The molecule has 1 saturated carbocycles. The van der Waals surface area contributed by atoms with Gasteiger partial charge in [0.15, 0.2) is 0 Å². The topological polar surface area (TPSA) is 78.5 Å². The fourth-order valence-electron chi connectivity index (χ4n) is 2.78. The van der Waals surface area contributed by atoms with Gasteiger partial charge in [0.05, 0.1) is 19.0 Å². The van der Waals surface area contributed by atoms with E-state index in [0.29, 0.717) is 11.6 Å². The van der Waals surface area contributed by atoms with E-state index < -0.39 is 6.04 Å². The van der Waals surface area contributed by atoms with Gasteiger partial charge in [-0.2, -0.15) is 0 Å². The van der Waals surface area contributed by atoms with Gasteiger partial charge in [0.25, 0.3) is 0 Å². The lowest BCUT2D eigenvalue weighted by molar-refractivity contribution is -0.141. The van der Waals surface area contributed by atoms with Crippen LogP contribution in [0.2, 0.25) is 0 Å². The van der Waals surface area contributed by atoms with Gasteiger partial charge in [-0.1, -0.05) is 18.8 Å². The van der Waals surface area contributed by atoms with Crippen molar-refractivity contribution in [1.29, 1.82) is 0 Å². The second-order valence-electron chi connectivity index (χ2n) is 5.50. The predicted octanol–water partition coefficient (Wildman–Crippen LogP) is -0.0563. The molecule has 2 N–H and O–H groups in total. The maximum atomic E-state index is 12.5. The van der Waals surface area contributed by atoms with Crippen molar-refractivity contribution in [3.8, 4) is 12.3 Å². The maximum Gasteiger partial charge on any atom is 0.244 e. The Morgan fingerprint density at radius 1 is 1.23 bits per heavy atom. The van der Waals surface area contributed by atoms with Crippen LogP contribution in [0.1, 0.15) is 25.7 Å². The van der Waals surface area contributed by atoms with Crippen LogP contribution < -0.4 is 10.6 Å². The van der Waals surface area contributed by atoms with Crippen LogP contribution in [0.25, 0.3) is 0 Å². The van der Waals surface area contributed by atoms with Crippen LogP contribution in [0.5, 0.6) is 0 Å². The number of hydrogen-bond donors (Lipinski definition) is 2. The molecular weight excluding hydrogens is 302 g/mol. The Balaban J connectivity index is 1.84. The van der Waals surface area contributed by atoms with Crippen LogP contribution in [0.15, 0.2) is 0 Å². The molecule has 1 unspecified atom stereocenters. The molecule has 0 spiro atoms. The average Bonchev–Trinajstić information content (AvgIpc) is 3.20. The molecule has 1 saturated heterocycles. The van der Waals surface area contributed by atoms with E-state index in [1.165, 1.54) is 0 Å². The molecule has 0 aromatic rings. The van der Waals surface area contributed by atoms with Crippen molar-refractivity contribution >= 4 is 29.5 Å². The minimum absolute atomic E-state index is 0.0629. The Labute approximate surface area is 134 Å². The smallest absolute Gasteiger partial charge is 0.244 e. The van der Waals surface area contributed by atoms with E-state index in [1.54, 1.807) is 16.7 Å². The molecule has 1 atom stereocenters. The third kappa shape index (κ3) is 4.17. The second kappa shape index (κ2) is 8.08. The average molecular weight is 323 g/mol. The highest BCUT2D eigenvalue weighted by molar-refractivity contribution is 7.99. The number of thioether (sulfide) groups is 1. The molecule has 0 bridgehead atoms. The van der Waals surface area contributed by atoms with Crippen molar-refractivity contribution in [2.75, 3.05) is 24.7 Å². The summed E-state index contributed by atoms with van der Waals surface area (Å²) in [6.07, 6.45) is 9.06. The molecule has 6 nitrogen and oxygen atoms in total. The van der Waals surface area contributed by atoms with Crippen LogP contribution in [0.3, 0.4) is 0 Å². The minimum atomic E-state index is -0.474. The van der Waals surface area contributed by atoms with Gasteiger partial charge < -0.3 is 15.5 Å². The summed E-state index contributed by atoms with van der Waals surface area (Å²) in [4.78, 5) is 37.8. The molecule has 7 heteroatoms. The number of carbonyl (C=O) groups is 3. The Morgan fingerprint density at radius 3 is 2.64 bits per heavy atom. The first-order valence-corrected chi connectivity index (χ1v) is 8.65. The van der Waals surface area contributed by atoms with E-state index in [9.17, 15) is 14.4 Å². The van der Waals surface area contributed by atoms with Gasteiger partial charge in [-0.3, -0.25) is 14.4 Å². The summed E-state index contributed by atoms with van der Waals surface area (Å²) in [5.41, 5.74) is 0. The lowest BCUT2D eigenvalue weighted by Gasteiger charge is -2.25. The van der Waals surface area contributed by atoms with Crippen LogP contribution in [0, 0.1) is 18.3 Å². The normalized spacial score (nSPS) is 21.4. The zero-order chi connectivity index (χ0) is 15.9. The third-order valence-corrected chi connectivity index (χ3v) is 5.00. The number of nitrogens with zero attached hydrogens (tertiary/aromatic N) is 1. The van der Waals surface area contributed by atoms with Crippen LogP contribution in [-0.4, -0.2) is 53.4 Å². The highest BCUT2D eigenvalue weighted by atomic mass is 32.2. The highest BCUT2D eigenvalue weighted by Crippen LogP contribution is 2.30. The zero-order valence-electron chi connectivity index (χ0n) is 12.5. The Kier molecular flexibility index (Phi) is 6.13. The van der Waals surface area contributed by atoms with E-state index in [4.69, 9.17) is 6.42 Å². The van der Waals surface area contributed by atoms with E-state index in [2.05, 4.69) is 16.6 Å². The molecule has 1 aliphatic carbocycles. The number of terminal acetylenes is 1. The van der Waals surface area contributed by atoms with E-state index in [-0.39, 0.29) is 36.7 Å². The number of carbonyl (C=O) groups excluding carboxylic acids is 3. The minimum Gasteiger partial charge on any atom is -0.345 e. The first-order valence-electron chi connectivity index (χ1n) is 7.49. The first-order chi connectivity index (χ1) is 10.6. The highest BCUT2D eigenvalue weighted by Gasteiger charge is 2.38. The summed E-state index contributed by atoms with van der Waals surface area (Å²) >= 11 is 1.57. The summed E-state index contributed by atoms with van der Waals surface area (Å²) in [5.74, 6) is 2.97. The molecule has 0 radical (unpaired) electrons. The predicted molar refractivity (Wildman–Crippen MR) is 84.8 cm³/mol. The Bertz CT molecular complexity index is 483. The molecule has 0 aromatic heterocycles. The lowest BCUT2D eigenvalue weighted by atomic mass is 10.1. The summed E-state index contributed by atoms with van der Waals surface area (Å²) in [7, 11) is 0. The monoisotopic (exact) mass is 323 g/mol. The van der Waals surface area contributed by atoms with Crippen molar-refractivity contribution in [2.45, 2.75) is 31.7 Å². The van der Waals surface area contributed by atoms with Crippen LogP contribution in [0.4, 0.5) is 0 Å². The van der Waals surface area contributed by atoms with Crippen LogP contribution in [-0.2, 0) is 14.4 Å². The molecule has 2 aliphatic rings. The zero-order valence-corrected chi connectivity index (χ0v) is 13.3. The van der Waals surface area contributed by atoms with Gasteiger partial charge in [0.1, 0.15) is 6.04 Å². The fourth-order valence-corrected chi connectivity index (χ4v) is 3.95. The van der Waals surface area contributed by atoms with E-state index in [1.807, 2.05) is 0 Å².